The van der Waals surface area contributed by atoms with Crippen molar-refractivity contribution in [1.29, 1.82) is 0 Å². The van der Waals surface area contributed by atoms with E-state index < -0.39 is 0 Å². The molecule has 0 aliphatic carbocycles. The maximum Gasteiger partial charge on any atom is 0.264 e. The Labute approximate surface area is 122 Å². The maximum absolute atomic E-state index is 11.5. The molecule has 0 spiro atoms. The Morgan fingerprint density at radius 3 is 2.33 bits per heavy atom. The molecule has 0 unspecified atom stereocenters. The van der Waals surface area contributed by atoms with Crippen LogP contribution in [-0.4, -0.2) is 10.2 Å². The van der Waals surface area contributed by atoms with Gasteiger partial charge < -0.3 is 4.74 Å². The third-order valence-corrected chi connectivity index (χ3v) is 3.07. The molecular weight excluding hydrogens is 264 g/mol. The molecule has 3 rings (SSSR count). The topological polar surface area (TPSA) is 55.0 Å². The molecule has 1 N–H and O–H groups in total. The summed E-state index contributed by atoms with van der Waals surface area (Å²) in [6.07, 6.45) is 0. The van der Waals surface area contributed by atoms with Gasteiger partial charge in [0.15, 0.2) is 0 Å². The van der Waals surface area contributed by atoms with Gasteiger partial charge in [0.05, 0.1) is 5.69 Å². The van der Waals surface area contributed by atoms with Gasteiger partial charge >= 0.3 is 0 Å². The molecule has 0 bridgehead atoms. The quantitative estimate of drug-likeness (QED) is 0.798. The predicted molar refractivity (Wildman–Crippen MR) is 81.1 cm³/mol. The third-order valence-electron chi connectivity index (χ3n) is 3.07. The zero-order valence-electron chi connectivity index (χ0n) is 11.3. The van der Waals surface area contributed by atoms with Gasteiger partial charge in [-0.2, -0.15) is 5.10 Å². The summed E-state index contributed by atoms with van der Waals surface area (Å²) in [5.74, 6) is 0.761. The molecule has 3 aromatic rings. The number of rotatable bonds is 4. The van der Waals surface area contributed by atoms with Crippen LogP contribution in [0.5, 0.6) is 5.75 Å². The van der Waals surface area contributed by atoms with Crippen molar-refractivity contribution in [3.63, 3.8) is 0 Å². The number of para-hydroxylation sites is 1. The van der Waals surface area contributed by atoms with Gasteiger partial charge in [-0.1, -0.05) is 48.5 Å². The number of H-pyrrole nitrogens is 1. The standard InChI is InChI=1S/C17H14N2O2/c20-16-11-14(12-21-15-9-5-2-6-10-15)17(19-18-16)13-7-3-1-4-8-13/h1-11H,12H2,(H,18,20). The van der Waals surface area contributed by atoms with E-state index in [4.69, 9.17) is 4.74 Å². The summed E-state index contributed by atoms with van der Waals surface area (Å²) in [5.41, 5.74) is 2.20. The van der Waals surface area contributed by atoms with Crippen molar-refractivity contribution in [2.45, 2.75) is 6.61 Å². The highest BCUT2D eigenvalue weighted by Gasteiger charge is 2.08. The summed E-state index contributed by atoms with van der Waals surface area (Å²) in [6, 6.07) is 20.7. The maximum atomic E-state index is 11.5. The van der Waals surface area contributed by atoms with Crippen LogP contribution in [-0.2, 0) is 6.61 Å². The minimum Gasteiger partial charge on any atom is -0.489 e. The van der Waals surface area contributed by atoms with Crippen molar-refractivity contribution in [3.8, 4) is 17.0 Å². The normalized spacial score (nSPS) is 10.3. The van der Waals surface area contributed by atoms with Gasteiger partial charge in [0.25, 0.3) is 5.56 Å². The lowest BCUT2D eigenvalue weighted by molar-refractivity contribution is 0.306. The number of hydrogen-bond acceptors (Lipinski definition) is 3. The summed E-state index contributed by atoms with van der Waals surface area (Å²) >= 11 is 0. The van der Waals surface area contributed by atoms with Gasteiger partial charge in [0.1, 0.15) is 12.4 Å². The Hall–Kier alpha value is -2.88. The number of benzene rings is 2. The van der Waals surface area contributed by atoms with Crippen LogP contribution in [0.1, 0.15) is 5.56 Å². The monoisotopic (exact) mass is 278 g/mol. The molecule has 0 atom stereocenters. The summed E-state index contributed by atoms with van der Waals surface area (Å²) in [5, 5.41) is 6.62. The van der Waals surface area contributed by atoms with Crippen molar-refractivity contribution < 1.29 is 4.74 Å². The second-order valence-corrected chi connectivity index (χ2v) is 4.57. The summed E-state index contributed by atoms with van der Waals surface area (Å²) in [7, 11) is 0. The van der Waals surface area contributed by atoms with Crippen LogP contribution in [0.25, 0.3) is 11.3 Å². The molecule has 0 aliphatic rings. The highest BCUT2D eigenvalue weighted by molar-refractivity contribution is 5.62. The third kappa shape index (κ3) is 3.17. The van der Waals surface area contributed by atoms with E-state index in [0.29, 0.717) is 6.61 Å². The minimum atomic E-state index is -0.235. The first-order valence-corrected chi connectivity index (χ1v) is 6.65. The summed E-state index contributed by atoms with van der Waals surface area (Å²) in [4.78, 5) is 11.5. The van der Waals surface area contributed by atoms with Gasteiger partial charge in [0, 0.05) is 17.2 Å². The fraction of sp³-hybridized carbons (Fsp3) is 0.0588. The molecule has 1 heterocycles. The average Bonchev–Trinajstić information content (AvgIpc) is 2.55. The van der Waals surface area contributed by atoms with Gasteiger partial charge in [-0.3, -0.25) is 4.79 Å². The van der Waals surface area contributed by atoms with E-state index in [1.54, 1.807) is 0 Å². The molecule has 0 fully saturated rings. The molecular formula is C17H14N2O2. The van der Waals surface area contributed by atoms with E-state index in [1.165, 1.54) is 6.07 Å². The Bertz CT molecular complexity index is 768. The average molecular weight is 278 g/mol. The van der Waals surface area contributed by atoms with Crippen LogP contribution in [0.3, 0.4) is 0 Å². The highest BCUT2D eigenvalue weighted by atomic mass is 16.5. The van der Waals surface area contributed by atoms with Crippen LogP contribution in [0.15, 0.2) is 71.5 Å². The van der Waals surface area contributed by atoms with Gasteiger partial charge in [0.2, 0.25) is 0 Å². The highest BCUT2D eigenvalue weighted by Crippen LogP contribution is 2.20. The number of hydrogen-bond donors (Lipinski definition) is 1. The Morgan fingerprint density at radius 2 is 1.62 bits per heavy atom. The second kappa shape index (κ2) is 6.05. The lowest BCUT2D eigenvalue weighted by Gasteiger charge is -2.09. The second-order valence-electron chi connectivity index (χ2n) is 4.57. The number of aromatic amines is 1. The number of aromatic nitrogens is 2. The minimum absolute atomic E-state index is 0.235. The molecule has 2 aromatic carbocycles. The summed E-state index contributed by atoms with van der Waals surface area (Å²) in [6.45, 7) is 0.297. The van der Waals surface area contributed by atoms with E-state index in [0.717, 1.165) is 22.6 Å². The van der Waals surface area contributed by atoms with Gasteiger partial charge in [-0.05, 0) is 12.1 Å². The van der Waals surface area contributed by atoms with E-state index in [-0.39, 0.29) is 5.56 Å². The Balaban J connectivity index is 1.90. The van der Waals surface area contributed by atoms with E-state index >= 15 is 0 Å². The smallest absolute Gasteiger partial charge is 0.264 e. The predicted octanol–water partition coefficient (Wildman–Crippen LogP) is 3.02. The Morgan fingerprint density at radius 1 is 0.952 bits per heavy atom. The Kier molecular flexibility index (Phi) is 3.78. The number of ether oxygens (including phenoxy) is 1. The molecule has 21 heavy (non-hydrogen) atoms. The first kappa shape index (κ1) is 13.1. The SMILES string of the molecule is O=c1cc(COc2ccccc2)c(-c2ccccc2)n[nH]1. The molecule has 0 amide bonds. The zero-order chi connectivity index (χ0) is 14.5. The van der Waals surface area contributed by atoms with Crippen LogP contribution < -0.4 is 10.3 Å². The van der Waals surface area contributed by atoms with Crippen LogP contribution in [0.4, 0.5) is 0 Å². The molecule has 0 radical (unpaired) electrons. The number of nitrogens with zero attached hydrogens (tertiary/aromatic N) is 1. The lowest BCUT2D eigenvalue weighted by Crippen LogP contribution is -2.12. The van der Waals surface area contributed by atoms with Gasteiger partial charge in [-0.15, -0.1) is 0 Å². The zero-order valence-corrected chi connectivity index (χ0v) is 11.3. The van der Waals surface area contributed by atoms with Crippen molar-refractivity contribution >= 4 is 0 Å². The first-order valence-electron chi connectivity index (χ1n) is 6.65. The molecule has 4 nitrogen and oxygen atoms in total. The number of nitrogens with one attached hydrogen (secondary N) is 1. The molecule has 0 aliphatic heterocycles. The van der Waals surface area contributed by atoms with Crippen molar-refractivity contribution in [2.24, 2.45) is 0 Å². The molecule has 0 saturated heterocycles. The first-order chi connectivity index (χ1) is 10.3. The van der Waals surface area contributed by atoms with Crippen LogP contribution in [0, 0.1) is 0 Å². The van der Waals surface area contributed by atoms with Crippen molar-refractivity contribution in [3.05, 3.63) is 82.6 Å². The van der Waals surface area contributed by atoms with E-state index in [9.17, 15) is 4.79 Å². The van der Waals surface area contributed by atoms with Crippen molar-refractivity contribution in [1.82, 2.24) is 10.2 Å². The lowest BCUT2D eigenvalue weighted by atomic mass is 10.1. The molecule has 104 valence electrons. The molecule has 0 saturated carbocycles. The van der Waals surface area contributed by atoms with Gasteiger partial charge in [-0.25, -0.2) is 5.10 Å². The largest absolute Gasteiger partial charge is 0.489 e. The fourth-order valence-corrected chi connectivity index (χ4v) is 2.08. The van der Waals surface area contributed by atoms with Crippen molar-refractivity contribution in [2.75, 3.05) is 0 Å². The molecule has 4 heteroatoms. The molecule has 1 aromatic heterocycles. The fourth-order valence-electron chi connectivity index (χ4n) is 2.08. The van der Waals surface area contributed by atoms with E-state index in [2.05, 4.69) is 10.2 Å². The van der Waals surface area contributed by atoms with Crippen LogP contribution in [0.2, 0.25) is 0 Å². The van der Waals surface area contributed by atoms with Crippen LogP contribution >= 0.6 is 0 Å². The van der Waals surface area contributed by atoms with E-state index in [1.807, 2.05) is 60.7 Å². The summed E-state index contributed by atoms with van der Waals surface area (Å²) < 4.78 is 5.72.